The third-order valence-electron chi connectivity index (χ3n) is 3.21. The summed E-state index contributed by atoms with van der Waals surface area (Å²) in [5, 5.41) is 4.56. The molecule has 2 fully saturated rings. The van der Waals surface area contributed by atoms with Crippen molar-refractivity contribution in [2.45, 2.75) is 19.4 Å². The molecule has 1 aromatic heterocycles. The molecular weight excluding hydrogens is 196 g/mol. The van der Waals surface area contributed by atoms with Crippen LogP contribution in [0.5, 0.6) is 0 Å². The average molecular weight is 210 g/mol. The van der Waals surface area contributed by atoms with Crippen molar-refractivity contribution in [1.82, 2.24) is 14.7 Å². The molecule has 14 heavy (non-hydrogen) atoms. The number of aryl methyl sites for hydroxylation is 1. The SMILES string of the molecule is Cc1nsc(N2CC[C@H]3CNC[C@H]32)n1. The molecule has 0 aromatic carbocycles. The Morgan fingerprint density at radius 3 is 3.21 bits per heavy atom. The Balaban J connectivity index is 1.85. The minimum atomic E-state index is 0.669. The predicted molar refractivity (Wildman–Crippen MR) is 56.8 cm³/mol. The molecular formula is C9H14N4S. The molecule has 2 saturated heterocycles. The van der Waals surface area contributed by atoms with Gasteiger partial charge >= 0.3 is 0 Å². The zero-order valence-corrected chi connectivity index (χ0v) is 9.05. The number of hydrogen-bond acceptors (Lipinski definition) is 5. The maximum absolute atomic E-state index is 4.46. The van der Waals surface area contributed by atoms with E-state index in [0.717, 1.165) is 30.0 Å². The number of nitrogens with one attached hydrogen (secondary N) is 1. The molecule has 4 nitrogen and oxygen atoms in total. The van der Waals surface area contributed by atoms with Crippen LogP contribution in [0.15, 0.2) is 0 Å². The molecule has 3 heterocycles. The summed E-state index contributed by atoms with van der Waals surface area (Å²) in [4.78, 5) is 6.88. The molecule has 0 bridgehead atoms. The second kappa shape index (κ2) is 3.17. The van der Waals surface area contributed by atoms with Gasteiger partial charge in [0.05, 0.1) is 0 Å². The van der Waals surface area contributed by atoms with Crippen LogP contribution in [0, 0.1) is 12.8 Å². The van der Waals surface area contributed by atoms with Gasteiger partial charge in [-0.3, -0.25) is 0 Å². The van der Waals surface area contributed by atoms with Gasteiger partial charge in [0.1, 0.15) is 5.82 Å². The molecule has 2 aliphatic rings. The first-order valence-corrected chi connectivity index (χ1v) is 5.89. The Hall–Kier alpha value is -0.680. The summed E-state index contributed by atoms with van der Waals surface area (Å²) in [5.74, 6) is 1.73. The van der Waals surface area contributed by atoms with Crippen LogP contribution in [0.2, 0.25) is 0 Å². The van der Waals surface area contributed by atoms with Crippen molar-refractivity contribution in [1.29, 1.82) is 0 Å². The van der Waals surface area contributed by atoms with Crippen LogP contribution in [0.4, 0.5) is 5.13 Å². The van der Waals surface area contributed by atoms with E-state index >= 15 is 0 Å². The minimum Gasteiger partial charge on any atom is -0.342 e. The summed E-state index contributed by atoms with van der Waals surface area (Å²) in [7, 11) is 0. The lowest BCUT2D eigenvalue weighted by Gasteiger charge is -2.21. The van der Waals surface area contributed by atoms with Crippen molar-refractivity contribution >= 4 is 16.7 Å². The fourth-order valence-electron chi connectivity index (χ4n) is 2.49. The van der Waals surface area contributed by atoms with E-state index in [2.05, 4.69) is 19.6 Å². The maximum Gasteiger partial charge on any atom is 0.205 e. The van der Waals surface area contributed by atoms with Gasteiger partial charge in [0.2, 0.25) is 5.13 Å². The van der Waals surface area contributed by atoms with E-state index in [1.54, 1.807) is 0 Å². The van der Waals surface area contributed by atoms with Gasteiger partial charge in [-0.15, -0.1) is 0 Å². The topological polar surface area (TPSA) is 41.1 Å². The van der Waals surface area contributed by atoms with Crippen molar-refractivity contribution < 1.29 is 0 Å². The number of rotatable bonds is 1. The van der Waals surface area contributed by atoms with Crippen LogP contribution >= 0.6 is 11.5 Å². The molecule has 1 N–H and O–H groups in total. The van der Waals surface area contributed by atoms with Crippen LogP contribution in [0.1, 0.15) is 12.2 Å². The Bertz CT molecular complexity index is 337. The highest BCUT2D eigenvalue weighted by Gasteiger charge is 2.38. The zero-order valence-electron chi connectivity index (χ0n) is 8.23. The molecule has 0 spiro atoms. The molecule has 0 radical (unpaired) electrons. The average Bonchev–Trinajstić information content (AvgIpc) is 2.77. The number of anilines is 1. The summed E-state index contributed by atoms with van der Waals surface area (Å²) in [6.45, 7) is 5.41. The van der Waals surface area contributed by atoms with Crippen LogP contribution in [0.25, 0.3) is 0 Å². The van der Waals surface area contributed by atoms with Gasteiger partial charge in [0, 0.05) is 37.2 Å². The van der Waals surface area contributed by atoms with E-state index in [1.807, 2.05) is 6.92 Å². The van der Waals surface area contributed by atoms with E-state index in [9.17, 15) is 0 Å². The monoisotopic (exact) mass is 210 g/mol. The fourth-order valence-corrected chi connectivity index (χ4v) is 3.25. The first-order chi connectivity index (χ1) is 6.84. The minimum absolute atomic E-state index is 0.669. The summed E-state index contributed by atoms with van der Waals surface area (Å²) < 4.78 is 4.24. The molecule has 2 aliphatic heterocycles. The van der Waals surface area contributed by atoms with E-state index in [4.69, 9.17) is 0 Å². The molecule has 1 aromatic rings. The summed E-state index contributed by atoms with van der Waals surface area (Å²) in [6.07, 6.45) is 1.30. The van der Waals surface area contributed by atoms with Gasteiger partial charge in [0.25, 0.3) is 0 Å². The van der Waals surface area contributed by atoms with Gasteiger partial charge in [-0.1, -0.05) is 0 Å². The molecule has 0 aliphatic carbocycles. The highest BCUT2D eigenvalue weighted by molar-refractivity contribution is 7.09. The lowest BCUT2D eigenvalue weighted by molar-refractivity contribution is 0.578. The molecule has 0 amide bonds. The lowest BCUT2D eigenvalue weighted by atomic mass is 10.1. The summed E-state index contributed by atoms with van der Waals surface area (Å²) in [5.41, 5.74) is 0. The van der Waals surface area contributed by atoms with Crippen LogP contribution < -0.4 is 10.2 Å². The van der Waals surface area contributed by atoms with Crippen LogP contribution in [-0.2, 0) is 0 Å². The molecule has 3 rings (SSSR count). The molecule has 5 heteroatoms. The van der Waals surface area contributed by atoms with E-state index < -0.39 is 0 Å². The number of aromatic nitrogens is 2. The number of nitrogens with zero attached hydrogens (tertiary/aromatic N) is 3. The molecule has 76 valence electrons. The highest BCUT2D eigenvalue weighted by atomic mass is 32.1. The maximum atomic E-state index is 4.46. The van der Waals surface area contributed by atoms with Gasteiger partial charge in [0.15, 0.2) is 0 Å². The van der Waals surface area contributed by atoms with Crippen molar-refractivity contribution in [2.24, 2.45) is 5.92 Å². The highest BCUT2D eigenvalue weighted by Crippen LogP contribution is 2.32. The number of fused-ring (bicyclic) bond motifs is 1. The second-order valence-electron chi connectivity index (χ2n) is 4.09. The quantitative estimate of drug-likeness (QED) is 0.738. The Morgan fingerprint density at radius 1 is 1.50 bits per heavy atom. The second-order valence-corrected chi connectivity index (χ2v) is 4.82. The smallest absolute Gasteiger partial charge is 0.205 e. The Morgan fingerprint density at radius 2 is 2.43 bits per heavy atom. The van der Waals surface area contributed by atoms with Crippen LogP contribution in [-0.4, -0.2) is 35.0 Å². The van der Waals surface area contributed by atoms with Gasteiger partial charge in [-0.05, 0) is 19.3 Å². The molecule has 2 atom stereocenters. The van der Waals surface area contributed by atoms with Crippen molar-refractivity contribution in [2.75, 3.05) is 24.5 Å². The van der Waals surface area contributed by atoms with Gasteiger partial charge < -0.3 is 10.2 Å². The third-order valence-corrected chi connectivity index (χ3v) is 4.05. The summed E-state index contributed by atoms with van der Waals surface area (Å²) >= 11 is 1.53. The van der Waals surface area contributed by atoms with E-state index in [1.165, 1.54) is 24.5 Å². The zero-order chi connectivity index (χ0) is 9.54. The summed E-state index contributed by atoms with van der Waals surface area (Å²) in [6, 6.07) is 0.669. The lowest BCUT2D eigenvalue weighted by Crippen LogP contribution is -2.33. The standard InChI is InChI=1S/C9H14N4S/c1-6-11-9(14-12-6)13-3-2-7-4-10-5-8(7)13/h7-8,10H,2-5H2,1H3/t7-,8+/m0/s1. The first-order valence-electron chi connectivity index (χ1n) is 5.12. The van der Waals surface area contributed by atoms with Crippen molar-refractivity contribution in [3.05, 3.63) is 5.82 Å². The van der Waals surface area contributed by atoms with Crippen LogP contribution in [0.3, 0.4) is 0 Å². The predicted octanol–water partition coefficient (Wildman–Crippen LogP) is 0.645. The first kappa shape index (κ1) is 8.61. The largest absolute Gasteiger partial charge is 0.342 e. The molecule has 0 unspecified atom stereocenters. The van der Waals surface area contributed by atoms with Gasteiger partial charge in [-0.2, -0.15) is 4.37 Å². The Labute approximate surface area is 87.5 Å². The fraction of sp³-hybridized carbons (Fsp3) is 0.778. The third kappa shape index (κ3) is 1.23. The van der Waals surface area contributed by atoms with E-state index in [-0.39, 0.29) is 0 Å². The normalized spacial score (nSPS) is 31.1. The van der Waals surface area contributed by atoms with Crippen molar-refractivity contribution in [3.8, 4) is 0 Å². The van der Waals surface area contributed by atoms with Crippen molar-refractivity contribution in [3.63, 3.8) is 0 Å². The number of hydrogen-bond donors (Lipinski definition) is 1. The Kier molecular flexibility index (Phi) is 1.95. The molecule has 0 saturated carbocycles. The van der Waals surface area contributed by atoms with Gasteiger partial charge in [-0.25, -0.2) is 4.98 Å². The van der Waals surface area contributed by atoms with E-state index in [0.29, 0.717) is 6.04 Å².